The van der Waals surface area contributed by atoms with Crippen LogP contribution in [0.2, 0.25) is 0 Å². The molecule has 2 rings (SSSR count). The molecule has 0 aliphatic heterocycles. The first-order chi connectivity index (χ1) is 9.20. The van der Waals surface area contributed by atoms with E-state index in [4.69, 9.17) is 5.11 Å². The molecular weight excluding hydrogens is 242 g/mol. The van der Waals surface area contributed by atoms with E-state index in [0.29, 0.717) is 19.1 Å². The smallest absolute Gasteiger partial charge is 0.317 e. The molecule has 19 heavy (non-hydrogen) atoms. The summed E-state index contributed by atoms with van der Waals surface area (Å²) in [7, 11) is 0. The van der Waals surface area contributed by atoms with Gasteiger partial charge in [0.15, 0.2) is 0 Å². The van der Waals surface area contributed by atoms with Crippen LogP contribution >= 0.6 is 0 Å². The number of pyridine rings is 1. The Morgan fingerprint density at radius 1 is 1.53 bits per heavy atom. The standard InChI is InChI=1S/C14H21N3O2/c1-11-2-3-12(10-16-11)6-7-15-14(19)17(8-9-18)13-4-5-13/h2-3,10,13,18H,4-9H2,1H3,(H,15,19). The fourth-order valence-electron chi connectivity index (χ4n) is 2.01. The van der Waals surface area contributed by atoms with Gasteiger partial charge in [-0.2, -0.15) is 0 Å². The van der Waals surface area contributed by atoms with Crippen LogP contribution in [-0.4, -0.2) is 46.8 Å². The molecule has 1 heterocycles. The van der Waals surface area contributed by atoms with Crippen molar-refractivity contribution in [1.29, 1.82) is 0 Å². The second-order valence-corrected chi connectivity index (χ2v) is 4.94. The van der Waals surface area contributed by atoms with Gasteiger partial charge in [0.05, 0.1) is 6.61 Å². The van der Waals surface area contributed by atoms with Gasteiger partial charge in [0.25, 0.3) is 0 Å². The highest BCUT2D eigenvalue weighted by atomic mass is 16.3. The second kappa shape index (κ2) is 6.52. The van der Waals surface area contributed by atoms with Crippen LogP contribution in [0.4, 0.5) is 4.79 Å². The zero-order valence-electron chi connectivity index (χ0n) is 11.3. The number of aryl methyl sites for hydroxylation is 1. The van der Waals surface area contributed by atoms with Gasteiger partial charge in [0.1, 0.15) is 0 Å². The topological polar surface area (TPSA) is 65.5 Å². The van der Waals surface area contributed by atoms with Crippen LogP contribution in [-0.2, 0) is 6.42 Å². The summed E-state index contributed by atoms with van der Waals surface area (Å²) in [4.78, 5) is 17.9. The number of rotatable bonds is 6. The maximum Gasteiger partial charge on any atom is 0.317 e. The van der Waals surface area contributed by atoms with Crippen molar-refractivity contribution in [3.05, 3.63) is 29.6 Å². The molecule has 5 nitrogen and oxygen atoms in total. The molecule has 0 spiro atoms. The van der Waals surface area contributed by atoms with Crippen molar-refractivity contribution in [2.75, 3.05) is 19.7 Å². The molecule has 0 radical (unpaired) electrons. The molecule has 1 aliphatic rings. The van der Waals surface area contributed by atoms with Crippen molar-refractivity contribution in [1.82, 2.24) is 15.2 Å². The van der Waals surface area contributed by atoms with E-state index in [9.17, 15) is 4.79 Å². The Morgan fingerprint density at radius 2 is 2.32 bits per heavy atom. The molecule has 5 heteroatoms. The first kappa shape index (κ1) is 13.8. The number of nitrogens with zero attached hydrogens (tertiary/aromatic N) is 2. The van der Waals surface area contributed by atoms with Gasteiger partial charge < -0.3 is 15.3 Å². The number of urea groups is 1. The average molecular weight is 263 g/mol. The minimum Gasteiger partial charge on any atom is -0.395 e. The summed E-state index contributed by atoms with van der Waals surface area (Å²) in [5.41, 5.74) is 2.11. The highest BCUT2D eigenvalue weighted by Gasteiger charge is 2.31. The van der Waals surface area contributed by atoms with Crippen LogP contribution < -0.4 is 5.32 Å². The Bertz CT molecular complexity index is 415. The minimum absolute atomic E-state index is 0.0196. The molecule has 1 aliphatic carbocycles. The van der Waals surface area contributed by atoms with Crippen LogP contribution in [0.15, 0.2) is 18.3 Å². The average Bonchev–Trinajstić information content (AvgIpc) is 3.22. The molecule has 1 saturated carbocycles. The van der Waals surface area contributed by atoms with Crippen molar-refractivity contribution in [3.63, 3.8) is 0 Å². The molecule has 0 bridgehead atoms. The second-order valence-electron chi connectivity index (χ2n) is 4.94. The molecule has 1 aromatic rings. The van der Waals surface area contributed by atoms with E-state index in [-0.39, 0.29) is 12.6 Å². The number of carbonyl (C=O) groups is 1. The van der Waals surface area contributed by atoms with E-state index in [2.05, 4.69) is 10.3 Å². The van der Waals surface area contributed by atoms with Crippen molar-refractivity contribution >= 4 is 6.03 Å². The predicted octanol–water partition coefficient (Wildman–Crippen LogP) is 1.10. The highest BCUT2D eigenvalue weighted by molar-refractivity contribution is 5.74. The summed E-state index contributed by atoms with van der Waals surface area (Å²) in [6.45, 7) is 2.99. The minimum atomic E-state index is -0.0726. The lowest BCUT2D eigenvalue weighted by atomic mass is 10.2. The number of amides is 2. The zero-order chi connectivity index (χ0) is 13.7. The van der Waals surface area contributed by atoms with Gasteiger partial charge in [-0.25, -0.2) is 4.79 Å². The fraction of sp³-hybridized carbons (Fsp3) is 0.571. The van der Waals surface area contributed by atoms with Crippen molar-refractivity contribution in [2.24, 2.45) is 0 Å². The summed E-state index contributed by atoms with van der Waals surface area (Å²) >= 11 is 0. The third kappa shape index (κ3) is 4.21. The van der Waals surface area contributed by atoms with Crippen molar-refractivity contribution in [3.8, 4) is 0 Å². The summed E-state index contributed by atoms with van der Waals surface area (Å²) in [6.07, 6.45) is 4.72. The Labute approximate surface area is 113 Å². The molecule has 0 unspecified atom stereocenters. The highest BCUT2D eigenvalue weighted by Crippen LogP contribution is 2.26. The van der Waals surface area contributed by atoms with Gasteiger partial charge in [-0.3, -0.25) is 4.98 Å². The normalized spacial score (nSPS) is 14.2. The zero-order valence-corrected chi connectivity index (χ0v) is 11.3. The number of hydrogen-bond acceptors (Lipinski definition) is 3. The quantitative estimate of drug-likeness (QED) is 0.807. The monoisotopic (exact) mass is 263 g/mol. The number of aromatic nitrogens is 1. The summed E-state index contributed by atoms with van der Waals surface area (Å²) < 4.78 is 0. The van der Waals surface area contributed by atoms with E-state index in [1.807, 2.05) is 25.3 Å². The predicted molar refractivity (Wildman–Crippen MR) is 72.9 cm³/mol. The Balaban J connectivity index is 1.75. The van der Waals surface area contributed by atoms with Gasteiger partial charge >= 0.3 is 6.03 Å². The van der Waals surface area contributed by atoms with E-state index in [0.717, 1.165) is 30.5 Å². The van der Waals surface area contributed by atoms with Gasteiger partial charge in [0.2, 0.25) is 0 Å². The SMILES string of the molecule is Cc1ccc(CCNC(=O)N(CCO)C2CC2)cn1. The van der Waals surface area contributed by atoms with Crippen LogP contribution in [0.3, 0.4) is 0 Å². The number of nitrogens with one attached hydrogen (secondary N) is 1. The summed E-state index contributed by atoms with van der Waals surface area (Å²) in [6, 6.07) is 4.25. The van der Waals surface area contributed by atoms with Gasteiger partial charge in [-0.15, -0.1) is 0 Å². The van der Waals surface area contributed by atoms with Crippen LogP contribution in [0.5, 0.6) is 0 Å². The molecule has 0 atom stereocenters. The van der Waals surface area contributed by atoms with E-state index in [1.165, 1.54) is 0 Å². The molecule has 2 amide bonds. The molecule has 2 N–H and O–H groups in total. The van der Waals surface area contributed by atoms with E-state index >= 15 is 0 Å². The van der Waals surface area contributed by atoms with Crippen LogP contribution in [0, 0.1) is 6.92 Å². The lowest BCUT2D eigenvalue weighted by molar-refractivity contribution is 0.174. The largest absolute Gasteiger partial charge is 0.395 e. The summed E-state index contributed by atoms with van der Waals surface area (Å²) in [5, 5.41) is 11.9. The first-order valence-electron chi connectivity index (χ1n) is 6.77. The number of aliphatic hydroxyl groups excluding tert-OH is 1. The van der Waals surface area contributed by atoms with Gasteiger partial charge in [0, 0.05) is 31.0 Å². The third-order valence-electron chi connectivity index (χ3n) is 3.25. The van der Waals surface area contributed by atoms with Gasteiger partial charge in [-0.05, 0) is 37.8 Å². The first-order valence-corrected chi connectivity index (χ1v) is 6.77. The maximum atomic E-state index is 11.9. The number of hydrogen-bond donors (Lipinski definition) is 2. The Hall–Kier alpha value is -1.62. The lowest BCUT2D eigenvalue weighted by Crippen LogP contribution is -2.43. The molecule has 1 fully saturated rings. The maximum absolute atomic E-state index is 11.9. The molecular formula is C14H21N3O2. The molecule has 104 valence electrons. The molecule has 0 saturated heterocycles. The third-order valence-corrected chi connectivity index (χ3v) is 3.25. The van der Waals surface area contributed by atoms with E-state index < -0.39 is 0 Å². The number of aliphatic hydroxyl groups is 1. The van der Waals surface area contributed by atoms with Crippen molar-refractivity contribution < 1.29 is 9.90 Å². The summed E-state index contributed by atoms with van der Waals surface area (Å²) in [5.74, 6) is 0. The number of carbonyl (C=O) groups excluding carboxylic acids is 1. The van der Waals surface area contributed by atoms with Crippen molar-refractivity contribution in [2.45, 2.75) is 32.2 Å². The molecule has 0 aromatic carbocycles. The van der Waals surface area contributed by atoms with Gasteiger partial charge in [-0.1, -0.05) is 6.07 Å². The lowest BCUT2D eigenvalue weighted by Gasteiger charge is -2.21. The van der Waals surface area contributed by atoms with Crippen LogP contribution in [0.1, 0.15) is 24.1 Å². The Morgan fingerprint density at radius 3 is 2.89 bits per heavy atom. The molecule has 1 aromatic heterocycles. The fourth-order valence-corrected chi connectivity index (χ4v) is 2.01. The van der Waals surface area contributed by atoms with E-state index in [1.54, 1.807) is 4.90 Å². The Kier molecular flexibility index (Phi) is 4.74. The van der Waals surface area contributed by atoms with Crippen LogP contribution in [0.25, 0.3) is 0 Å².